The molecule has 1 atom stereocenters. The van der Waals surface area contributed by atoms with Gasteiger partial charge in [0.2, 0.25) is 0 Å². The zero-order valence-electron chi connectivity index (χ0n) is 9.82. The van der Waals surface area contributed by atoms with Gasteiger partial charge >= 0.3 is 0 Å². The molecule has 1 aromatic heterocycles. The summed E-state index contributed by atoms with van der Waals surface area (Å²) in [5.74, 6) is 0. The Balaban J connectivity index is 2.15. The van der Waals surface area contributed by atoms with Crippen LogP contribution in [0.15, 0.2) is 67.0 Å². The van der Waals surface area contributed by atoms with Gasteiger partial charge in [0.1, 0.15) is 6.10 Å². The Bertz CT molecular complexity index is 659. The zero-order valence-corrected chi connectivity index (χ0v) is 9.82. The SMILES string of the molecule is O[C@@H](c1ccncc1)c1cccc2ccccc12. The Labute approximate surface area is 106 Å². The molecular weight excluding hydrogens is 222 g/mol. The van der Waals surface area contributed by atoms with E-state index in [1.165, 1.54) is 0 Å². The quantitative estimate of drug-likeness (QED) is 0.739. The third kappa shape index (κ3) is 1.87. The number of aromatic nitrogens is 1. The maximum absolute atomic E-state index is 10.5. The molecule has 0 aliphatic carbocycles. The topological polar surface area (TPSA) is 33.1 Å². The van der Waals surface area contributed by atoms with Gasteiger partial charge in [0, 0.05) is 12.4 Å². The lowest BCUT2D eigenvalue weighted by atomic mass is 9.96. The van der Waals surface area contributed by atoms with Gasteiger partial charge in [0.25, 0.3) is 0 Å². The molecule has 1 N–H and O–H groups in total. The summed E-state index contributed by atoms with van der Waals surface area (Å²) in [5, 5.41) is 12.7. The fraction of sp³-hybridized carbons (Fsp3) is 0.0625. The number of rotatable bonds is 2. The molecule has 0 spiro atoms. The second-order valence-electron chi connectivity index (χ2n) is 4.25. The number of fused-ring (bicyclic) bond motifs is 1. The van der Waals surface area contributed by atoms with Crippen molar-refractivity contribution in [2.75, 3.05) is 0 Å². The van der Waals surface area contributed by atoms with Crippen molar-refractivity contribution >= 4 is 10.8 Å². The van der Waals surface area contributed by atoms with Crippen molar-refractivity contribution in [2.24, 2.45) is 0 Å². The number of aliphatic hydroxyl groups excluding tert-OH is 1. The highest BCUT2D eigenvalue weighted by Gasteiger charge is 2.12. The normalized spacial score (nSPS) is 12.5. The lowest BCUT2D eigenvalue weighted by molar-refractivity contribution is 0.222. The van der Waals surface area contributed by atoms with Crippen LogP contribution < -0.4 is 0 Å². The van der Waals surface area contributed by atoms with Gasteiger partial charge in [-0.05, 0) is 34.0 Å². The van der Waals surface area contributed by atoms with Crippen molar-refractivity contribution in [3.8, 4) is 0 Å². The minimum absolute atomic E-state index is 0.612. The number of aliphatic hydroxyl groups is 1. The fourth-order valence-corrected chi connectivity index (χ4v) is 2.21. The summed E-state index contributed by atoms with van der Waals surface area (Å²) < 4.78 is 0. The Morgan fingerprint density at radius 3 is 2.39 bits per heavy atom. The number of hydrogen-bond acceptors (Lipinski definition) is 2. The molecule has 0 unspecified atom stereocenters. The molecule has 0 fully saturated rings. The predicted molar refractivity (Wildman–Crippen MR) is 72.2 cm³/mol. The van der Waals surface area contributed by atoms with Gasteiger partial charge in [-0.15, -0.1) is 0 Å². The standard InChI is InChI=1S/C16H13NO/c18-16(13-8-10-17-11-9-13)15-7-3-5-12-4-1-2-6-14(12)15/h1-11,16,18H/t16-/m0/s1. The highest BCUT2D eigenvalue weighted by atomic mass is 16.3. The summed E-state index contributed by atoms with van der Waals surface area (Å²) in [4.78, 5) is 3.97. The summed E-state index contributed by atoms with van der Waals surface area (Å²) in [6, 6.07) is 17.8. The highest BCUT2D eigenvalue weighted by Crippen LogP contribution is 2.28. The van der Waals surface area contributed by atoms with Gasteiger partial charge in [-0.25, -0.2) is 0 Å². The van der Waals surface area contributed by atoms with Crippen LogP contribution in [-0.4, -0.2) is 10.1 Å². The Kier molecular flexibility index (Phi) is 2.79. The number of hydrogen-bond donors (Lipinski definition) is 1. The second-order valence-corrected chi connectivity index (χ2v) is 4.25. The van der Waals surface area contributed by atoms with Crippen LogP contribution in [0.1, 0.15) is 17.2 Å². The maximum atomic E-state index is 10.5. The molecule has 1 heterocycles. The first-order valence-electron chi connectivity index (χ1n) is 5.92. The van der Waals surface area contributed by atoms with Gasteiger partial charge in [-0.3, -0.25) is 4.98 Å². The minimum Gasteiger partial charge on any atom is -0.384 e. The Morgan fingerprint density at radius 2 is 1.56 bits per heavy atom. The van der Waals surface area contributed by atoms with Gasteiger partial charge in [-0.2, -0.15) is 0 Å². The number of nitrogens with zero attached hydrogens (tertiary/aromatic N) is 1. The van der Waals surface area contributed by atoms with E-state index in [9.17, 15) is 5.11 Å². The summed E-state index contributed by atoms with van der Waals surface area (Å²) in [6.07, 6.45) is 2.78. The van der Waals surface area contributed by atoms with Crippen LogP contribution in [-0.2, 0) is 0 Å². The molecule has 3 aromatic rings. The van der Waals surface area contributed by atoms with Gasteiger partial charge in [0.05, 0.1) is 0 Å². The molecule has 0 bridgehead atoms. The first kappa shape index (κ1) is 10.9. The third-order valence-electron chi connectivity index (χ3n) is 3.14. The molecule has 0 saturated heterocycles. The van der Waals surface area contributed by atoms with E-state index in [-0.39, 0.29) is 0 Å². The van der Waals surface area contributed by atoms with Crippen molar-refractivity contribution in [1.82, 2.24) is 4.98 Å². The fourth-order valence-electron chi connectivity index (χ4n) is 2.21. The summed E-state index contributed by atoms with van der Waals surface area (Å²) in [7, 11) is 0. The average Bonchev–Trinajstić information content (AvgIpc) is 2.47. The molecule has 2 nitrogen and oxygen atoms in total. The largest absolute Gasteiger partial charge is 0.384 e. The van der Waals surface area contributed by atoms with E-state index in [4.69, 9.17) is 0 Å². The summed E-state index contributed by atoms with van der Waals surface area (Å²) >= 11 is 0. The molecule has 3 rings (SSSR count). The van der Waals surface area contributed by atoms with Gasteiger partial charge < -0.3 is 5.11 Å². The van der Waals surface area contributed by atoms with Crippen molar-refractivity contribution in [2.45, 2.75) is 6.10 Å². The molecule has 18 heavy (non-hydrogen) atoms. The molecule has 2 heteroatoms. The second kappa shape index (κ2) is 4.59. The minimum atomic E-state index is -0.612. The molecule has 0 radical (unpaired) electrons. The smallest absolute Gasteiger partial charge is 0.105 e. The van der Waals surface area contributed by atoms with E-state index in [1.807, 2.05) is 42.5 Å². The van der Waals surface area contributed by atoms with Crippen LogP contribution in [0.2, 0.25) is 0 Å². The zero-order chi connectivity index (χ0) is 12.4. The van der Waals surface area contributed by atoms with Crippen LogP contribution in [0, 0.1) is 0 Å². The van der Waals surface area contributed by atoms with E-state index >= 15 is 0 Å². The van der Waals surface area contributed by atoms with E-state index in [1.54, 1.807) is 12.4 Å². The van der Waals surface area contributed by atoms with Crippen LogP contribution >= 0.6 is 0 Å². The first-order valence-corrected chi connectivity index (χ1v) is 5.92. The molecular formula is C16H13NO. The van der Waals surface area contributed by atoms with Gasteiger partial charge in [-0.1, -0.05) is 42.5 Å². The van der Waals surface area contributed by atoms with Crippen LogP contribution in [0.25, 0.3) is 10.8 Å². The van der Waals surface area contributed by atoms with Crippen molar-refractivity contribution in [3.05, 3.63) is 78.1 Å². The number of pyridine rings is 1. The van der Waals surface area contributed by atoms with E-state index in [0.29, 0.717) is 0 Å². The molecule has 0 aliphatic heterocycles. The monoisotopic (exact) mass is 235 g/mol. The van der Waals surface area contributed by atoms with Crippen molar-refractivity contribution in [1.29, 1.82) is 0 Å². The predicted octanol–water partition coefficient (Wildman–Crippen LogP) is 3.32. The molecule has 0 aliphatic rings. The van der Waals surface area contributed by atoms with E-state index < -0.39 is 6.10 Å². The molecule has 0 amide bonds. The van der Waals surface area contributed by atoms with Crippen molar-refractivity contribution < 1.29 is 5.11 Å². The first-order chi connectivity index (χ1) is 8.86. The van der Waals surface area contributed by atoms with Crippen LogP contribution in [0.4, 0.5) is 0 Å². The lowest BCUT2D eigenvalue weighted by Gasteiger charge is -2.13. The van der Waals surface area contributed by atoms with Gasteiger partial charge in [0.15, 0.2) is 0 Å². The Hall–Kier alpha value is -2.19. The molecule has 88 valence electrons. The molecule has 2 aromatic carbocycles. The Morgan fingerprint density at radius 1 is 0.833 bits per heavy atom. The van der Waals surface area contributed by atoms with Crippen LogP contribution in [0.3, 0.4) is 0 Å². The summed E-state index contributed by atoms with van der Waals surface area (Å²) in [6.45, 7) is 0. The third-order valence-corrected chi connectivity index (χ3v) is 3.14. The van der Waals surface area contributed by atoms with Crippen molar-refractivity contribution in [3.63, 3.8) is 0 Å². The average molecular weight is 235 g/mol. The number of benzene rings is 2. The molecule has 0 saturated carbocycles. The summed E-state index contributed by atoms with van der Waals surface area (Å²) in [5.41, 5.74) is 1.79. The van der Waals surface area contributed by atoms with E-state index in [0.717, 1.165) is 21.9 Å². The van der Waals surface area contributed by atoms with E-state index in [2.05, 4.69) is 17.1 Å². The lowest BCUT2D eigenvalue weighted by Crippen LogP contribution is -2.00. The highest BCUT2D eigenvalue weighted by molar-refractivity contribution is 5.86. The van der Waals surface area contributed by atoms with Crippen LogP contribution in [0.5, 0.6) is 0 Å². The maximum Gasteiger partial charge on any atom is 0.105 e.